The van der Waals surface area contributed by atoms with Crippen molar-refractivity contribution in [3.05, 3.63) is 11.9 Å². The zero-order chi connectivity index (χ0) is 13.8. The number of hydrogen-bond donors (Lipinski definition) is 1. The Kier molecular flexibility index (Phi) is 4.86. The first-order valence-electron chi connectivity index (χ1n) is 7.51. The first-order chi connectivity index (χ1) is 9.09. The maximum absolute atomic E-state index is 4.45. The summed E-state index contributed by atoms with van der Waals surface area (Å²) in [5.74, 6) is 1.87. The second kappa shape index (κ2) is 6.42. The fourth-order valence-corrected chi connectivity index (χ4v) is 3.08. The molecular formula is C15H28N4. The van der Waals surface area contributed by atoms with Crippen LogP contribution in [-0.4, -0.2) is 29.7 Å². The molecule has 4 heteroatoms. The van der Waals surface area contributed by atoms with E-state index >= 15 is 0 Å². The molecule has 4 nitrogen and oxygen atoms in total. The normalized spacial score (nSPS) is 18.5. The van der Waals surface area contributed by atoms with E-state index in [4.69, 9.17) is 0 Å². The molecule has 19 heavy (non-hydrogen) atoms. The molecule has 108 valence electrons. The first kappa shape index (κ1) is 14.4. The smallest absolute Gasteiger partial charge is 0.204 e. The largest absolute Gasteiger partial charge is 0.348 e. The van der Waals surface area contributed by atoms with Crippen molar-refractivity contribution in [2.45, 2.75) is 51.6 Å². The minimum Gasteiger partial charge on any atom is -0.348 e. The van der Waals surface area contributed by atoms with Crippen molar-refractivity contribution in [3.8, 4) is 0 Å². The first-order valence-corrected chi connectivity index (χ1v) is 7.51. The van der Waals surface area contributed by atoms with Crippen LogP contribution in [0.2, 0.25) is 0 Å². The van der Waals surface area contributed by atoms with Gasteiger partial charge in [-0.15, -0.1) is 0 Å². The Bertz CT molecular complexity index is 391. The lowest BCUT2D eigenvalue weighted by atomic mass is 9.84. The fourth-order valence-electron chi connectivity index (χ4n) is 3.08. The van der Waals surface area contributed by atoms with Crippen LogP contribution in [0.4, 0.5) is 5.95 Å². The lowest BCUT2D eigenvalue weighted by Crippen LogP contribution is -2.34. The molecule has 1 heterocycles. The van der Waals surface area contributed by atoms with Gasteiger partial charge in [-0.25, -0.2) is 4.98 Å². The van der Waals surface area contributed by atoms with Gasteiger partial charge in [-0.1, -0.05) is 19.3 Å². The molecule has 1 N–H and O–H groups in total. The minimum absolute atomic E-state index is 0.609. The summed E-state index contributed by atoms with van der Waals surface area (Å²) in [6.45, 7) is 3.24. The molecule has 1 aliphatic carbocycles. The number of imidazole rings is 1. The highest BCUT2D eigenvalue weighted by Gasteiger charge is 2.20. The lowest BCUT2D eigenvalue weighted by Gasteiger charge is -2.28. The number of rotatable bonds is 5. The van der Waals surface area contributed by atoms with Crippen LogP contribution in [-0.2, 0) is 13.6 Å². The van der Waals surface area contributed by atoms with Crippen molar-refractivity contribution in [1.82, 2.24) is 14.9 Å². The lowest BCUT2D eigenvalue weighted by molar-refractivity contribution is 0.279. The van der Waals surface area contributed by atoms with Crippen molar-refractivity contribution in [3.63, 3.8) is 0 Å². The summed E-state index contributed by atoms with van der Waals surface area (Å²) in [6.07, 6.45) is 9.01. The molecule has 1 aromatic rings. The molecule has 1 aromatic heterocycles. The second-order valence-corrected chi connectivity index (χ2v) is 6.07. The molecule has 0 radical (unpaired) electrons. The summed E-state index contributed by atoms with van der Waals surface area (Å²) >= 11 is 0. The van der Waals surface area contributed by atoms with Crippen LogP contribution in [0.15, 0.2) is 6.20 Å². The van der Waals surface area contributed by atoms with E-state index in [9.17, 15) is 0 Å². The highest BCUT2D eigenvalue weighted by Crippen LogP contribution is 2.26. The van der Waals surface area contributed by atoms with Crippen molar-refractivity contribution < 1.29 is 0 Å². The van der Waals surface area contributed by atoms with Crippen LogP contribution in [0, 0.1) is 5.92 Å². The third-order valence-electron chi connectivity index (χ3n) is 4.42. The summed E-state index contributed by atoms with van der Waals surface area (Å²) in [5, 5.41) is 3.68. The summed E-state index contributed by atoms with van der Waals surface area (Å²) < 4.78 is 2.17. The van der Waals surface area contributed by atoms with Gasteiger partial charge >= 0.3 is 0 Å². The Morgan fingerprint density at radius 2 is 2.05 bits per heavy atom. The molecule has 0 unspecified atom stereocenters. The SMILES string of the molecule is C[C@H](NCc1cnc(N(C)C)n1C)C1CCCCC1. The fraction of sp³-hybridized carbons (Fsp3) is 0.800. The molecule has 1 atom stereocenters. The van der Waals surface area contributed by atoms with Crippen LogP contribution < -0.4 is 10.2 Å². The number of aromatic nitrogens is 2. The number of nitrogens with zero attached hydrogens (tertiary/aromatic N) is 3. The number of anilines is 1. The zero-order valence-corrected chi connectivity index (χ0v) is 12.8. The van der Waals surface area contributed by atoms with E-state index in [1.165, 1.54) is 37.8 Å². The van der Waals surface area contributed by atoms with Crippen LogP contribution in [0.5, 0.6) is 0 Å². The topological polar surface area (TPSA) is 33.1 Å². The van der Waals surface area contributed by atoms with E-state index in [1.807, 2.05) is 25.2 Å². The molecule has 0 amide bonds. The Balaban J connectivity index is 1.87. The summed E-state index contributed by atoms with van der Waals surface area (Å²) in [6, 6.07) is 0.609. The average molecular weight is 264 g/mol. The Morgan fingerprint density at radius 1 is 1.37 bits per heavy atom. The van der Waals surface area contributed by atoms with Crippen LogP contribution in [0.1, 0.15) is 44.7 Å². The van der Waals surface area contributed by atoms with Crippen molar-refractivity contribution in [2.24, 2.45) is 13.0 Å². The van der Waals surface area contributed by atoms with E-state index in [1.54, 1.807) is 0 Å². The standard InChI is InChI=1S/C15H28N4/c1-12(13-8-6-5-7-9-13)16-10-14-11-17-15(18(2)3)19(14)4/h11-13,16H,5-10H2,1-4H3/t12-/m0/s1. The molecule has 1 fully saturated rings. The molecule has 1 aliphatic rings. The van der Waals surface area contributed by atoms with Gasteiger partial charge in [0, 0.05) is 33.7 Å². The van der Waals surface area contributed by atoms with Crippen molar-refractivity contribution in [2.75, 3.05) is 19.0 Å². The zero-order valence-electron chi connectivity index (χ0n) is 12.8. The van der Waals surface area contributed by atoms with Crippen LogP contribution in [0.25, 0.3) is 0 Å². The van der Waals surface area contributed by atoms with E-state index in [0.29, 0.717) is 6.04 Å². The highest BCUT2D eigenvalue weighted by atomic mass is 15.3. The van der Waals surface area contributed by atoms with E-state index in [2.05, 4.69) is 28.8 Å². The van der Waals surface area contributed by atoms with Gasteiger partial charge in [0.05, 0.1) is 11.9 Å². The van der Waals surface area contributed by atoms with Crippen molar-refractivity contribution >= 4 is 5.95 Å². The maximum Gasteiger partial charge on any atom is 0.204 e. The predicted octanol–water partition coefficient (Wildman–Crippen LogP) is 2.54. The summed E-state index contributed by atoms with van der Waals surface area (Å²) in [5.41, 5.74) is 1.26. The maximum atomic E-state index is 4.45. The molecule has 0 bridgehead atoms. The van der Waals surface area contributed by atoms with E-state index < -0.39 is 0 Å². The third-order valence-corrected chi connectivity index (χ3v) is 4.42. The average Bonchev–Trinajstić information content (AvgIpc) is 2.78. The molecule has 0 spiro atoms. The highest BCUT2D eigenvalue weighted by molar-refractivity contribution is 5.30. The summed E-state index contributed by atoms with van der Waals surface area (Å²) in [4.78, 5) is 6.50. The van der Waals surface area contributed by atoms with E-state index in [-0.39, 0.29) is 0 Å². The van der Waals surface area contributed by atoms with Gasteiger partial charge in [0.15, 0.2) is 0 Å². The van der Waals surface area contributed by atoms with Gasteiger partial charge in [0.2, 0.25) is 5.95 Å². The molecular weight excluding hydrogens is 236 g/mol. The van der Waals surface area contributed by atoms with Gasteiger partial charge in [-0.2, -0.15) is 0 Å². The molecule has 1 saturated carbocycles. The number of hydrogen-bond acceptors (Lipinski definition) is 3. The monoisotopic (exact) mass is 264 g/mol. The molecule has 0 aromatic carbocycles. The molecule has 2 rings (SSSR count). The third kappa shape index (κ3) is 3.50. The van der Waals surface area contributed by atoms with Gasteiger partial charge in [-0.3, -0.25) is 0 Å². The Morgan fingerprint density at radius 3 is 2.63 bits per heavy atom. The minimum atomic E-state index is 0.609. The van der Waals surface area contributed by atoms with Gasteiger partial charge in [-0.05, 0) is 25.7 Å². The van der Waals surface area contributed by atoms with Crippen LogP contribution >= 0.6 is 0 Å². The second-order valence-electron chi connectivity index (χ2n) is 6.07. The predicted molar refractivity (Wildman–Crippen MR) is 80.4 cm³/mol. The van der Waals surface area contributed by atoms with Gasteiger partial charge in [0.1, 0.15) is 0 Å². The quantitative estimate of drug-likeness (QED) is 0.887. The summed E-state index contributed by atoms with van der Waals surface area (Å²) in [7, 11) is 6.15. The molecule has 0 aliphatic heterocycles. The molecule has 0 saturated heterocycles. The number of nitrogens with one attached hydrogen (secondary N) is 1. The van der Waals surface area contributed by atoms with Gasteiger partial charge in [0.25, 0.3) is 0 Å². The van der Waals surface area contributed by atoms with Gasteiger partial charge < -0.3 is 14.8 Å². The van der Waals surface area contributed by atoms with Crippen molar-refractivity contribution in [1.29, 1.82) is 0 Å². The Labute approximate surface area is 117 Å². The van der Waals surface area contributed by atoms with E-state index in [0.717, 1.165) is 18.4 Å². The van der Waals surface area contributed by atoms with Crippen LogP contribution in [0.3, 0.4) is 0 Å². The Hall–Kier alpha value is -1.03.